The Hall–Kier alpha value is -1.27. The highest BCUT2D eigenvalue weighted by Gasteiger charge is 2.33. The van der Waals surface area contributed by atoms with Gasteiger partial charge < -0.3 is 4.74 Å². The summed E-state index contributed by atoms with van der Waals surface area (Å²) in [6.45, 7) is 1.52. The molecule has 0 saturated heterocycles. The minimum absolute atomic E-state index is 0.356. The average molecular weight is 181 g/mol. The van der Waals surface area contributed by atoms with E-state index in [4.69, 9.17) is 0 Å². The van der Waals surface area contributed by atoms with Crippen molar-refractivity contribution in [3.8, 4) is 6.01 Å². The Kier molecular flexibility index (Phi) is 1.95. The lowest BCUT2D eigenvalue weighted by Gasteiger charge is -2.06. The highest BCUT2D eigenvalue weighted by atomic mass is 19.4. The summed E-state index contributed by atoms with van der Waals surface area (Å²) in [7, 11) is 1.39. The van der Waals surface area contributed by atoms with E-state index >= 15 is 0 Å². The predicted molar refractivity (Wildman–Crippen MR) is 32.4 cm³/mol. The number of alkyl halides is 3. The molecule has 0 radical (unpaired) electrons. The van der Waals surface area contributed by atoms with Crippen molar-refractivity contribution in [3.63, 3.8) is 0 Å². The van der Waals surface area contributed by atoms with E-state index in [9.17, 15) is 13.2 Å². The first-order chi connectivity index (χ1) is 5.40. The zero-order chi connectivity index (χ0) is 9.35. The smallest absolute Gasteiger partial charge is 0.371 e. The molecule has 7 heteroatoms. The van der Waals surface area contributed by atoms with Crippen LogP contribution >= 0.6 is 0 Å². The lowest BCUT2D eigenvalue weighted by molar-refractivity contribution is -0.278. The number of aryl methyl sites for hydroxylation is 1. The van der Waals surface area contributed by atoms with E-state index in [0.29, 0.717) is 5.82 Å². The summed E-state index contributed by atoms with van der Waals surface area (Å²) in [6.07, 6.45) is -4.72. The van der Waals surface area contributed by atoms with E-state index in [0.717, 1.165) is 4.57 Å². The van der Waals surface area contributed by atoms with Crippen LogP contribution in [-0.2, 0) is 7.05 Å². The van der Waals surface area contributed by atoms with E-state index in [1.807, 2.05) is 0 Å². The van der Waals surface area contributed by atoms with Gasteiger partial charge in [0.2, 0.25) is 0 Å². The number of hydrogen-bond acceptors (Lipinski definition) is 3. The van der Waals surface area contributed by atoms with Gasteiger partial charge in [0.05, 0.1) is 0 Å². The normalized spacial score (nSPS) is 11.8. The van der Waals surface area contributed by atoms with Crippen LogP contribution in [0.2, 0.25) is 0 Å². The van der Waals surface area contributed by atoms with Crippen molar-refractivity contribution in [2.75, 3.05) is 0 Å². The quantitative estimate of drug-likeness (QED) is 0.649. The lowest BCUT2D eigenvalue weighted by atomic mass is 10.7. The van der Waals surface area contributed by atoms with Gasteiger partial charge >= 0.3 is 12.4 Å². The Morgan fingerprint density at radius 2 is 1.92 bits per heavy atom. The van der Waals surface area contributed by atoms with E-state index in [1.165, 1.54) is 14.0 Å². The fourth-order valence-electron chi connectivity index (χ4n) is 0.580. The first-order valence-electron chi connectivity index (χ1n) is 3.02. The van der Waals surface area contributed by atoms with Gasteiger partial charge in [0.15, 0.2) is 0 Å². The minimum Gasteiger partial charge on any atom is -0.371 e. The third-order valence-electron chi connectivity index (χ3n) is 1.26. The Morgan fingerprint density at radius 1 is 1.33 bits per heavy atom. The van der Waals surface area contributed by atoms with Crippen LogP contribution in [-0.4, -0.2) is 21.1 Å². The van der Waals surface area contributed by atoms with E-state index < -0.39 is 12.4 Å². The first kappa shape index (κ1) is 8.82. The van der Waals surface area contributed by atoms with Crippen LogP contribution in [0.5, 0.6) is 6.01 Å². The molecule has 12 heavy (non-hydrogen) atoms. The van der Waals surface area contributed by atoms with Crippen LogP contribution in [0.3, 0.4) is 0 Å². The van der Waals surface area contributed by atoms with Crippen LogP contribution < -0.4 is 4.74 Å². The first-order valence-corrected chi connectivity index (χ1v) is 3.02. The molecule has 1 heterocycles. The summed E-state index contributed by atoms with van der Waals surface area (Å²) in [5.41, 5.74) is 0. The third kappa shape index (κ3) is 1.86. The summed E-state index contributed by atoms with van der Waals surface area (Å²) >= 11 is 0. The SMILES string of the molecule is Cc1nnc(OC(F)(F)F)n1C. The van der Waals surface area contributed by atoms with Gasteiger partial charge in [-0.3, -0.25) is 4.57 Å². The molecule has 0 fully saturated rings. The zero-order valence-electron chi connectivity index (χ0n) is 6.38. The third-order valence-corrected chi connectivity index (χ3v) is 1.26. The number of nitrogens with zero attached hydrogens (tertiary/aromatic N) is 3. The number of hydrogen-bond donors (Lipinski definition) is 0. The monoisotopic (exact) mass is 181 g/mol. The summed E-state index contributed by atoms with van der Waals surface area (Å²) in [5, 5.41) is 6.56. The molecule has 68 valence electrons. The van der Waals surface area contributed by atoms with E-state index in [2.05, 4.69) is 14.9 Å². The fraction of sp³-hybridized carbons (Fsp3) is 0.600. The second kappa shape index (κ2) is 2.65. The predicted octanol–water partition coefficient (Wildman–Crippen LogP) is 1.02. The van der Waals surface area contributed by atoms with Gasteiger partial charge in [0.25, 0.3) is 0 Å². The van der Waals surface area contributed by atoms with Gasteiger partial charge in [-0.25, -0.2) is 0 Å². The van der Waals surface area contributed by atoms with Crippen LogP contribution in [0.1, 0.15) is 5.82 Å². The lowest BCUT2D eigenvalue weighted by Crippen LogP contribution is -2.19. The molecule has 0 aliphatic rings. The molecule has 1 aromatic heterocycles. The van der Waals surface area contributed by atoms with Crippen LogP contribution in [0.15, 0.2) is 0 Å². The molecule has 0 unspecified atom stereocenters. The summed E-state index contributed by atoms with van der Waals surface area (Å²) in [5.74, 6) is 0.356. The minimum atomic E-state index is -4.72. The molecule has 4 nitrogen and oxygen atoms in total. The van der Waals surface area contributed by atoms with Gasteiger partial charge in [-0.15, -0.1) is 18.3 Å². The van der Waals surface area contributed by atoms with Gasteiger partial charge in [-0.05, 0) is 6.92 Å². The largest absolute Gasteiger partial charge is 0.575 e. The maximum atomic E-state index is 11.6. The maximum absolute atomic E-state index is 11.6. The van der Waals surface area contributed by atoms with Gasteiger partial charge in [-0.2, -0.15) is 0 Å². The molecule has 1 rings (SSSR count). The fourth-order valence-corrected chi connectivity index (χ4v) is 0.580. The number of aromatic nitrogens is 3. The zero-order valence-corrected chi connectivity index (χ0v) is 6.38. The number of rotatable bonds is 1. The molecular weight excluding hydrogens is 175 g/mol. The molecule has 0 bridgehead atoms. The van der Waals surface area contributed by atoms with Crippen molar-refractivity contribution in [1.29, 1.82) is 0 Å². The number of halogens is 3. The maximum Gasteiger partial charge on any atom is 0.575 e. The Labute approximate surface area is 66.0 Å². The highest BCUT2D eigenvalue weighted by molar-refractivity contribution is 4.97. The van der Waals surface area contributed by atoms with Crippen LogP contribution in [0.25, 0.3) is 0 Å². The second-order valence-electron chi connectivity index (χ2n) is 2.14. The Balaban J connectivity index is 2.83. The molecule has 0 aliphatic heterocycles. The summed E-state index contributed by atoms with van der Waals surface area (Å²) in [4.78, 5) is 0. The second-order valence-corrected chi connectivity index (χ2v) is 2.14. The molecule has 0 saturated carbocycles. The van der Waals surface area contributed by atoms with Crippen molar-refractivity contribution >= 4 is 0 Å². The Bertz CT molecular complexity index is 280. The van der Waals surface area contributed by atoms with Crippen LogP contribution in [0, 0.1) is 6.92 Å². The topological polar surface area (TPSA) is 39.9 Å². The summed E-state index contributed by atoms with van der Waals surface area (Å²) in [6, 6.07) is -0.556. The van der Waals surface area contributed by atoms with Gasteiger partial charge in [-0.1, -0.05) is 5.10 Å². The molecule has 0 spiro atoms. The Morgan fingerprint density at radius 3 is 2.25 bits per heavy atom. The number of ether oxygens (including phenoxy) is 1. The van der Waals surface area contributed by atoms with Crippen molar-refractivity contribution < 1.29 is 17.9 Å². The molecule has 0 atom stereocenters. The van der Waals surface area contributed by atoms with E-state index in [1.54, 1.807) is 0 Å². The van der Waals surface area contributed by atoms with Crippen molar-refractivity contribution in [2.24, 2.45) is 7.05 Å². The average Bonchev–Trinajstić information content (AvgIpc) is 2.16. The summed E-state index contributed by atoms with van der Waals surface area (Å²) < 4.78 is 39.5. The molecule has 0 aromatic carbocycles. The van der Waals surface area contributed by atoms with Gasteiger partial charge in [0, 0.05) is 7.05 Å². The van der Waals surface area contributed by atoms with Crippen molar-refractivity contribution in [2.45, 2.75) is 13.3 Å². The van der Waals surface area contributed by atoms with Gasteiger partial charge in [0.1, 0.15) is 5.82 Å². The molecule has 1 aromatic rings. The van der Waals surface area contributed by atoms with Crippen molar-refractivity contribution in [3.05, 3.63) is 5.82 Å². The molecule has 0 aliphatic carbocycles. The molecule has 0 amide bonds. The van der Waals surface area contributed by atoms with E-state index in [-0.39, 0.29) is 0 Å². The van der Waals surface area contributed by atoms with Crippen molar-refractivity contribution in [1.82, 2.24) is 14.8 Å². The standard InChI is InChI=1S/C5H6F3N3O/c1-3-9-10-4(11(3)2)12-5(6,7)8/h1-2H3. The highest BCUT2D eigenvalue weighted by Crippen LogP contribution is 2.20. The molecular formula is C5H6F3N3O. The molecule has 0 N–H and O–H groups in total. The van der Waals surface area contributed by atoms with Crippen LogP contribution in [0.4, 0.5) is 13.2 Å².